The van der Waals surface area contributed by atoms with E-state index in [1.165, 1.54) is 16.8 Å². The predicted molar refractivity (Wildman–Crippen MR) is 95.7 cm³/mol. The number of halogens is 1. The Hall–Kier alpha value is -2.28. The lowest BCUT2D eigenvalue weighted by molar-refractivity contribution is 0.0903. The van der Waals surface area contributed by atoms with E-state index in [4.69, 9.17) is 0 Å². The van der Waals surface area contributed by atoms with Gasteiger partial charge >= 0.3 is 0 Å². The number of rotatable bonds is 5. The Balaban J connectivity index is 1.78. The molecule has 1 aromatic carbocycles. The summed E-state index contributed by atoms with van der Waals surface area (Å²) in [6.07, 6.45) is 3.50. The average molecular weight is 360 g/mol. The van der Waals surface area contributed by atoms with Crippen LogP contribution in [0.15, 0.2) is 24.3 Å². The summed E-state index contributed by atoms with van der Waals surface area (Å²) in [5.74, 6) is 0.411. The number of nitrogens with one attached hydrogen (secondary N) is 1. The van der Waals surface area contributed by atoms with Crippen molar-refractivity contribution in [2.45, 2.75) is 51.5 Å². The summed E-state index contributed by atoms with van der Waals surface area (Å²) in [7, 11) is 0. The molecule has 1 saturated carbocycles. The van der Waals surface area contributed by atoms with Gasteiger partial charge in [-0.3, -0.25) is 4.79 Å². The van der Waals surface area contributed by atoms with E-state index in [9.17, 15) is 14.3 Å². The van der Waals surface area contributed by atoms with Gasteiger partial charge in [0.25, 0.3) is 5.91 Å². The number of hydrogen-bond acceptors (Lipinski definition) is 4. The van der Waals surface area contributed by atoms with E-state index in [0.717, 1.165) is 25.7 Å². The van der Waals surface area contributed by atoms with Crippen molar-refractivity contribution in [1.82, 2.24) is 20.1 Å². The zero-order valence-electron chi connectivity index (χ0n) is 15.2. The monoisotopic (exact) mass is 360 g/mol. The number of carbonyl (C=O) groups excluding carboxylic acids is 1. The van der Waals surface area contributed by atoms with Gasteiger partial charge in [0.05, 0.1) is 5.69 Å². The van der Waals surface area contributed by atoms with E-state index < -0.39 is 0 Å². The first-order chi connectivity index (χ1) is 12.5. The Morgan fingerprint density at radius 2 is 2.08 bits per heavy atom. The summed E-state index contributed by atoms with van der Waals surface area (Å²) in [5, 5.41) is 16.5. The van der Waals surface area contributed by atoms with E-state index >= 15 is 0 Å². The largest absolute Gasteiger partial charge is 0.396 e. The molecule has 0 saturated heterocycles. The van der Waals surface area contributed by atoms with Crippen molar-refractivity contribution in [3.63, 3.8) is 0 Å². The standard InChI is InChI=1S/C19H25FN4O2/c1-12(2)18-22-17(23-24(18)16-5-3-4-14(20)10-16)19(26)21-15-8-6-13(11-25)7-9-15/h3-5,10,12-13,15,25H,6-9,11H2,1-2H3,(H,21,26). The number of amides is 1. The third-order valence-electron chi connectivity index (χ3n) is 4.84. The molecule has 0 aliphatic heterocycles. The van der Waals surface area contributed by atoms with E-state index in [1.54, 1.807) is 12.1 Å². The molecule has 1 aromatic heterocycles. The van der Waals surface area contributed by atoms with Crippen LogP contribution in [-0.2, 0) is 0 Å². The molecule has 0 spiro atoms. The van der Waals surface area contributed by atoms with Crippen molar-refractivity contribution < 1.29 is 14.3 Å². The maximum atomic E-state index is 13.6. The maximum absolute atomic E-state index is 13.6. The van der Waals surface area contributed by atoms with Gasteiger partial charge in [0, 0.05) is 18.6 Å². The summed E-state index contributed by atoms with van der Waals surface area (Å²) >= 11 is 0. The molecule has 6 nitrogen and oxygen atoms in total. The van der Waals surface area contributed by atoms with Crippen molar-refractivity contribution in [3.05, 3.63) is 41.7 Å². The van der Waals surface area contributed by atoms with Gasteiger partial charge in [-0.05, 0) is 49.8 Å². The van der Waals surface area contributed by atoms with Gasteiger partial charge in [0.15, 0.2) is 0 Å². The van der Waals surface area contributed by atoms with Crippen LogP contribution in [0.5, 0.6) is 0 Å². The fourth-order valence-corrected chi connectivity index (χ4v) is 3.33. The van der Waals surface area contributed by atoms with Crippen LogP contribution in [0.4, 0.5) is 4.39 Å². The molecule has 7 heteroatoms. The molecule has 1 fully saturated rings. The highest BCUT2D eigenvalue weighted by Crippen LogP contribution is 2.24. The number of carbonyl (C=O) groups is 1. The van der Waals surface area contributed by atoms with Crippen LogP contribution in [0.3, 0.4) is 0 Å². The number of aromatic nitrogens is 3. The van der Waals surface area contributed by atoms with Gasteiger partial charge in [-0.1, -0.05) is 19.9 Å². The van der Waals surface area contributed by atoms with Gasteiger partial charge in [-0.15, -0.1) is 5.10 Å². The second-order valence-corrected chi connectivity index (χ2v) is 7.21. The normalized spacial score (nSPS) is 20.3. The molecule has 0 atom stereocenters. The zero-order chi connectivity index (χ0) is 18.7. The summed E-state index contributed by atoms with van der Waals surface area (Å²) in [4.78, 5) is 17.0. The topological polar surface area (TPSA) is 80.0 Å². The van der Waals surface area contributed by atoms with Gasteiger partial charge in [0.1, 0.15) is 11.6 Å². The van der Waals surface area contributed by atoms with Crippen molar-refractivity contribution >= 4 is 5.91 Å². The fraction of sp³-hybridized carbons (Fsp3) is 0.526. The average Bonchev–Trinajstić information content (AvgIpc) is 3.08. The molecule has 2 aromatic rings. The summed E-state index contributed by atoms with van der Waals surface area (Å²) < 4.78 is 15.1. The van der Waals surface area contributed by atoms with Crippen LogP contribution in [0.25, 0.3) is 5.69 Å². The molecule has 3 rings (SSSR count). The number of nitrogens with zero attached hydrogens (tertiary/aromatic N) is 3. The molecular weight excluding hydrogens is 335 g/mol. The molecule has 0 bridgehead atoms. The number of hydrogen-bond donors (Lipinski definition) is 2. The van der Waals surface area contributed by atoms with Gasteiger partial charge in [0.2, 0.25) is 5.82 Å². The molecule has 1 aliphatic carbocycles. The Kier molecular flexibility index (Phi) is 5.66. The lowest BCUT2D eigenvalue weighted by Crippen LogP contribution is -2.38. The predicted octanol–water partition coefficient (Wildman–Crippen LogP) is 2.81. The quantitative estimate of drug-likeness (QED) is 0.859. The SMILES string of the molecule is CC(C)c1nc(C(=O)NC2CCC(CO)CC2)nn1-c1cccc(F)c1. The van der Waals surface area contributed by atoms with Crippen molar-refractivity contribution in [1.29, 1.82) is 0 Å². The van der Waals surface area contributed by atoms with Crippen LogP contribution in [0, 0.1) is 11.7 Å². The first-order valence-corrected chi connectivity index (χ1v) is 9.12. The van der Waals surface area contributed by atoms with Crippen LogP contribution in [0.1, 0.15) is 61.9 Å². The second-order valence-electron chi connectivity index (χ2n) is 7.21. The van der Waals surface area contributed by atoms with Crippen LogP contribution in [-0.4, -0.2) is 38.4 Å². The van der Waals surface area contributed by atoms with E-state index in [2.05, 4.69) is 15.4 Å². The molecule has 1 amide bonds. The Morgan fingerprint density at radius 1 is 1.35 bits per heavy atom. The molecule has 140 valence electrons. The molecular formula is C19H25FN4O2. The van der Waals surface area contributed by atoms with Gasteiger partial charge < -0.3 is 10.4 Å². The van der Waals surface area contributed by atoms with Crippen LogP contribution < -0.4 is 5.32 Å². The smallest absolute Gasteiger partial charge is 0.291 e. The Morgan fingerprint density at radius 3 is 2.69 bits per heavy atom. The molecule has 0 unspecified atom stereocenters. The van der Waals surface area contributed by atoms with E-state index in [1.807, 2.05) is 13.8 Å². The Labute approximate surface area is 152 Å². The number of aliphatic hydroxyl groups is 1. The summed E-state index contributed by atoms with van der Waals surface area (Å²) in [6, 6.07) is 6.16. The Bertz CT molecular complexity index is 767. The lowest BCUT2D eigenvalue weighted by Gasteiger charge is -2.27. The molecule has 1 heterocycles. The van der Waals surface area contributed by atoms with Crippen molar-refractivity contribution in [2.24, 2.45) is 5.92 Å². The third-order valence-corrected chi connectivity index (χ3v) is 4.84. The fourth-order valence-electron chi connectivity index (χ4n) is 3.33. The van der Waals surface area contributed by atoms with Crippen molar-refractivity contribution in [3.8, 4) is 5.69 Å². The first-order valence-electron chi connectivity index (χ1n) is 9.12. The molecule has 0 radical (unpaired) electrons. The number of benzene rings is 1. The highest BCUT2D eigenvalue weighted by molar-refractivity contribution is 5.90. The zero-order valence-corrected chi connectivity index (χ0v) is 15.2. The first kappa shape index (κ1) is 18.5. The lowest BCUT2D eigenvalue weighted by atomic mass is 9.86. The van der Waals surface area contributed by atoms with E-state index in [0.29, 0.717) is 17.4 Å². The van der Waals surface area contributed by atoms with E-state index in [-0.39, 0.29) is 36.1 Å². The van der Waals surface area contributed by atoms with Crippen molar-refractivity contribution in [2.75, 3.05) is 6.61 Å². The van der Waals surface area contributed by atoms with Crippen LogP contribution >= 0.6 is 0 Å². The summed E-state index contributed by atoms with van der Waals surface area (Å²) in [6.45, 7) is 4.12. The highest BCUT2D eigenvalue weighted by atomic mass is 19.1. The minimum atomic E-state index is -0.362. The molecule has 1 aliphatic rings. The maximum Gasteiger partial charge on any atom is 0.291 e. The van der Waals surface area contributed by atoms with Gasteiger partial charge in [-0.2, -0.15) is 0 Å². The summed E-state index contributed by atoms with van der Waals surface area (Å²) in [5.41, 5.74) is 0.545. The van der Waals surface area contributed by atoms with Crippen LogP contribution in [0.2, 0.25) is 0 Å². The number of aliphatic hydroxyl groups excluding tert-OH is 1. The molecule has 26 heavy (non-hydrogen) atoms. The second kappa shape index (κ2) is 7.95. The third kappa shape index (κ3) is 4.09. The minimum absolute atomic E-state index is 0.0345. The highest BCUT2D eigenvalue weighted by Gasteiger charge is 2.25. The van der Waals surface area contributed by atoms with Gasteiger partial charge in [-0.25, -0.2) is 14.1 Å². The molecule has 2 N–H and O–H groups in total. The minimum Gasteiger partial charge on any atom is -0.396 e.